The molecule has 6 nitrogen and oxygen atoms in total. The zero-order valence-electron chi connectivity index (χ0n) is 17.2. The van der Waals surface area contributed by atoms with Crippen molar-refractivity contribution in [1.82, 2.24) is 25.2 Å². The molecule has 0 spiro atoms. The van der Waals surface area contributed by atoms with Crippen molar-refractivity contribution in [3.05, 3.63) is 58.7 Å². The van der Waals surface area contributed by atoms with Gasteiger partial charge in [-0.2, -0.15) is 0 Å². The van der Waals surface area contributed by atoms with Gasteiger partial charge in [0.1, 0.15) is 5.82 Å². The van der Waals surface area contributed by atoms with E-state index in [-0.39, 0.29) is 5.91 Å². The summed E-state index contributed by atoms with van der Waals surface area (Å²) in [6, 6.07) is 13.7. The van der Waals surface area contributed by atoms with Crippen molar-refractivity contribution < 1.29 is 4.79 Å². The molecular weight excluding hydrogens is 454 g/mol. The molecule has 1 saturated heterocycles. The van der Waals surface area contributed by atoms with Crippen LogP contribution in [0, 0.1) is 0 Å². The molecule has 2 aromatic heterocycles. The molecule has 0 atom stereocenters. The van der Waals surface area contributed by atoms with E-state index in [0.29, 0.717) is 17.6 Å². The number of piperidine rings is 1. The van der Waals surface area contributed by atoms with Gasteiger partial charge in [0.25, 0.3) is 5.91 Å². The predicted molar refractivity (Wildman–Crippen MR) is 127 cm³/mol. The van der Waals surface area contributed by atoms with Gasteiger partial charge in [-0.1, -0.05) is 28.4 Å². The molecule has 5 rings (SSSR count). The van der Waals surface area contributed by atoms with Gasteiger partial charge in [0.05, 0.1) is 22.1 Å². The average molecular weight is 478 g/mol. The van der Waals surface area contributed by atoms with Crippen molar-refractivity contribution in [3.8, 4) is 11.4 Å². The Morgan fingerprint density at radius 2 is 2.00 bits per heavy atom. The highest BCUT2D eigenvalue weighted by molar-refractivity contribution is 9.10. The first kappa shape index (κ1) is 20.2. The number of halogens is 1. The molecule has 0 aliphatic carbocycles. The predicted octanol–water partition coefficient (Wildman–Crippen LogP) is 4.76. The van der Waals surface area contributed by atoms with Gasteiger partial charge in [0, 0.05) is 34.7 Å². The van der Waals surface area contributed by atoms with Crippen LogP contribution in [-0.2, 0) is 0 Å². The van der Waals surface area contributed by atoms with E-state index in [1.165, 1.54) is 19.3 Å². The summed E-state index contributed by atoms with van der Waals surface area (Å²) in [7, 11) is 0. The lowest BCUT2D eigenvalue weighted by Gasteiger charge is -2.26. The Bertz CT molecular complexity index is 1250. The van der Waals surface area contributed by atoms with Crippen molar-refractivity contribution in [2.75, 3.05) is 26.2 Å². The van der Waals surface area contributed by atoms with Crippen LogP contribution in [0.15, 0.2) is 53.1 Å². The van der Waals surface area contributed by atoms with Gasteiger partial charge in [-0.3, -0.25) is 9.78 Å². The third-order valence-corrected chi connectivity index (χ3v) is 6.32. The molecule has 0 bridgehead atoms. The Morgan fingerprint density at radius 3 is 2.87 bits per heavy atom. The van der Waals surface area contributed by atoms with Gasteiger partial charge < -0.3 is 15.2 Å². The van der Waals surface area contributed by atoms with E-state index in [1.807, 2.05) is 42.5 Å². The highest BCUT2D eigenvalue weighted by Crippen LogP contribution is 2.28. The highest BCUT2D eigenvalue weighted by Gasteiger charge is 2.16. The smallest absolute Gasteiger partial charge is 0.253 e. The lowest BCUT2D eigenvalue weighted by molar-refractivity contribution is 0.0948. The lowest BCUT2D eigenvalue weighted by atomic mass is 10.0. The fourth-order valence-electron chi connectivity index (χ4n) is 4.23. The molecule has 2 aromatic carbocycles. The molecule has 31 heavy (non-hydrogen) atoms. The first-order valence-corrected chi connectivity index (χ1v) is 11.5. The fraction of sp³-hybridized carbons (Fsp3) is 0.292. The van der Waals surface area contributed by atoms with Crippen molar-refractivity contribution >= 4 is 43.8 Å². The van der Waals surface area contributed by atoms with Crippen molar-refractivity contribution in [2.24, 2.45) is 0 Å². The number of amides is 1. The van der Waals surface area contributed by atoms with E-state index in [1.54, 1.807) is 6.20 Å². The van der Waals surface area contributed by atoms with Crippen LogP contribution in [0.1, 0.15) is 29.6 Å². The monoisotopic (exact) mass is 477 g/mol. The molecular formula is C24H24BrN5O. The summed E-state index contributed by atoms with van der Waals surface area (Å²) in [5, 5.41) is 4.01. The summed E-state index contributed by atoms with van der Waals surface area (Å²) < 4.78 is 0.992. The SMILES string of the molecule is O=C(NCCN1CCCCC1)c1cc(-c2nc3ccc(Br)cc3[nH]2)cc2cccnc12. The number of hydrogen-bond donors (Lipinski definition) is 2. The van der Waals surface area contributed by atoms with E-state index in [9.17, 15) is 4.79 Å². The van der Waals surface area contributed by atoms with Gasteiger partial charge in [-0.25, -0.2) is 4.98 Å². The molecule has 0 saturated carbocycles. The summed E-state index contributed by atoms with van der Waals surface area (Å²) in [5.74, 6) is 0.641. The Morgan fingerprint density at radius 1 is 1.13 bits per heavy atom. The molecule has 2 N–H and O–H groups in total. The second-order valence-corrected chi connectivity index (χ2v) is 8.92. The van der Waals surface area contributed by atoms with E-state index < -0.39 is 0 Å². The van der Waals surface area contributed by atoms with Gasteiger partial charge in [-0.15, -0.1) is 0 Å². The molecule has 4 aromatic rings. The molecule has 0 radical (unpaired) electrons. The van der Waals surface area contributed by atoms with Gasteiger partial charge >= 0.3 is 0 Å². The van der Waals surface area contributed by atoms with Crippen LogP contribution in [0.5, 0.6) is 0 Å². The van der Waals surface area contributed by atoms with Crippen molar-refractivity contribution in [1.29, 1.82) is 0 Å². The van der Waals surface area contributed by atoms with Crippen LogP contribution in [0.2, 0.25) is 0 Å². The number of fused-ring (bicyclic) bond motifs is 2. The van der Waals surface area contributed by atoms with Gasteiger partial charge in [0.15, 0.2) is 0 Å². The Hall–Kier alpha value is -2.77. The summed E-state index contributed by atoms with van der Waals surface area (Å²) in [4.78, 5) is 28.1. The van der Waals surface area contributed by atoms with Crippen LogP contribution in [0.3, 0.4) is 0 Å². The van der Waals surface area contributed by atoms with Crippen LogP contribution in [0.4, 0.5) is 0 Å². The fourth-order valence-corrected chi connectivity index (χ4v) is 4.59. The summed E-state index contributed by atoms with van der Waals surface area (Å²) in [6.07, 6.45) is 5.54. The molecule has 1 aliphatic heterocycles. The molecule has 7 heteroatoms. The quantitative estimate of drug-likeness (QED) is 0.434. The number of hydrogen-bond acceptors (Lipinski definition) is 4. The number of rotatable bonds is 5. The molecule has 1 amide bonds. The summed E-state index contributed by atoms with van der Waals surface area (Å²) in [6.45, 7) is 3.77. The number of aromatic nitrogens is 3. The number of aromatic amines is 1. The minimum Gasteiger partial charge on any atom is -0.351 e. The maximum atomic E-state index is 13.1. The number of nitrogens with zero attached hydrogens (tertiary/aromatic N) is 3. The minimum absolute atomic E-state index is 0.0959. The van der Waals surface area contributed by atoms with Crippen LogP contribution >= 0.6 is 15.9 Å². The number of carbonyl (C=O) groups excluding carboxylic acids is 1. The molecule has 1 aliphatic rings. The average Bonchev–Trinajstić information content (AvgIpc) is 3.22. The number of H-pyrrole nitrogens is 1. The van der Waals surface area contributed by atoms with Gasteiger partial charge in [0.2, 0.25) is 0 Å². The number of likely N-dealkylation sites (tertiary alicyclic amines) is 1. The topological polar surface area (TPSA) is 73.9 Å². The molecule has 0 unspecified atom stereocenters. The summed E-state index contributed by atoms with van der Waals surface area (Å²) >= 11 is 3.50. The first-order chi connectivity index (χ1) is 15.2. The number of carbonyl (C=O) groups is 1. The number of imidazole rings is 1. The summed E-state index contributed by atoms with van der Waals surface area (Å²) in [5.41, 5.74) is 3.99. The van der Waals surface area contributed by atoms with Crippen molar-refractivity contribution in [3.63, 3.8) is 0 Å². The van der Waals surface area contributed by atoms with Gasteiger partial charge in [-0.05, 0) is 62.3 Å². The second kappa shape index (κ2) is 8.77. The van der Waals surface area contributed by atoms with E-state index >= 15 is 0 Å². The first-order valence-electron chi connectivity index (χ1n) is 10.7. The second-order valence-electron chi connectivity index (χ2n) is 8.00. The normalized spacial score (nSPS) is 14.9. The molecule has 1 fully saturated rings. The Labute approximate surface area is 189 Å². The number of nitrogens with one attached hydrogen (secondary N) is 2. The van der Waals surface area contributed by atoms with Crippen molar-refractivity contribution in [2.45, 2.75) is 19.3 Å². The van der Waals surface area contributed by atoms with E-state index in [4.69, 9.17) is 4.98 Å². The van der Waals surface area contributed by atoms with Crippen LogP contribution in [-0.4, -0.2) is 51.9 Å². The number of benzene rings is 2. The minimum atomic E-state index is -0.0959. The standard InChI is InChI=1S/C24H24BrN5O/c25-18-6-7-20-21(15-18)29-23(28-20)17-13-16-5-4-8-26-22(16)19(14-17)24(31)27-9-12-30-10-2-1-3-11-30/h4-8,13-15H,1-3,9-12H2,(H,27,31)(H,28,29). The number of pyridine rings is 1. The molecule has 158 valence electrons. The largest absolute Gasteiger partial charge is 0.351 e. The van der Waals surface area contributed by atoms with Crippen LogP contribution < -0.4 is 5.32 Å². The molecule has 3 heterocycles. The zero-order chi connectivity index (χ0) is 21.2. The maximum absolute atomic E-state index is 13.1. The zero-order valence-corrected chi connectivity index (χ0v) is 18.8. The van der Waals surface area contributed by atoms with E-state index in [2.05, 4.69) is 36.1 Å². The Kier molecular flexibility index (Phi) is 5.70. The van der Waals surface area contributed by atoms with Crippen LogP contribution in [0.25, 0.3) is 33.3 Å². The Balaban J connectivity index is 1.44. The third-order valence-electron chi connectivity index (χ3n) is 5.83. The highest BCUT2D eigenvalue weighted by atomic mass is 79.9. The lowest BCUT2D eigenvalue weighted by Crippen LogP contribution is -2.37. The third kappa shape index (κ3) is 4.34. The maximum Gasteiger partial charge on any atom is 0.253 e. The van der Waals surface area contributed by atoms with E-state index in [0.717, 1.165) is 51.9 Å².